The summed E-state index contributed by atoms with van der Waals surface area (Å²) < 4.78 is 0. The molecule has 4 unspecified atom stereocenters. The number of hydrogen-bond donors (Lipinski definition) is 3. The molecule has 3 fully saturated rings. The molecule has 4 atom stereocenters. The van der Waals surface area contributed by atoms with Gasteiger partial charge in [-0.3, -0.25) is 24.6 Å². The van der Waals surface area contributed by atoms with Crippen molar-refractivity contribution in [1.82, 2.24) is 10.2 Å². The Bertz CT molecular complexity index is 920. The lowest BCUT2D eigenvalue weighted by molar-refractivity contribution is -0.154. The van der Waals surface area contributed by atoms with Crippen LogP contribution >= 0.6 is 34.8 Å². The SMILES string of the molecule is O=C1C2C(c3cc(Cl)cc(Cl)c3Cl)NC(CO)(C(=O)O)C2C(=O)N1C1CCCCC1. The first-order valence-electron chi connectivity index (χ1n) is 9.86. The minimum Gasteiger partial charge on any atom is -0.480 e. The first-order chi connectivity index (χ1) is 14.2. The standard InChI is InChI=1S/C20H21Cl3N2O5/c21-9-6-11(15(23)12(22)7-9)16-13-14(20(8-26,24-16)19(29)30)18(28)25(17(13)27)10-4-2-1-3-5-10/h6-7,10,13-14,16,24,26H,1-5,8H2,(H,29,30). The van der Waals surface area contributed by atoms with Gasteiger partial charge in [0.05, 0.1) is 28.5 Å². The van der Waals surface area contributed by atoms with Gasteiger partial charge in [-0.2, -0.15) is 0 Å². The van der Waals surface area contributed by atoms with Crippen molar-refractivity contribution in [3.63, 3.8) is 0 Å². The molecular formula is C20H21Cl3N2O5. The number of aliphatic carboxylic acids is 1. The van der Waals surface area contributed by atoms with Crippen molar-refractivity contribution >= 4 is 52.6 Å². The van der Waals surface area contributed by atoms with Crippen molar-refractivity contribution in [2.45, 2.75) is 49.7 Å². The van der Waals surface area contributed by atoms with Crippen LogP contribution in [0.15, 0.2) is 12.1 Å². The molecule has 2 heterocycles. The van der Waals surface area contributed by atoms with Gasteiger partial charge in [-0.05, 0) is 30.5 Å². The Hall–Kier alpha value is -1.38. The van der Waals surface area contributed by atoms with E-state index in [1.165, 1.54) is 17.0 Å². The van der Waals surface area contributed by atoms with Crippen LogP contribution in [-0.4, -0.2) is 51.1 Å². The molecule has 0 radical (unpaired) electrons. The van der Waals surface area contributed by atoms with Crippen molar-refractivity contribution in [1.29, 1.82) is 0 Å². The highest BCUT2D eigenvalue weighted by Crippen LogP contribution is 2.52. The number of benzene rings is 1. The Morgan fingerprint density at radius 1 is 1.13 bits per heavy atom. The van der Waals surface area contributed by atoms with Crippen molar-refractivity contribution < 1.29 is 24.6 Å². The van der Waals surface area contributed by atoms with E-state index >= 15 is 0 Å². The van der Waals surface area contributed by atoms with Crippen LogP contribution in [0.1, 0.15) is 43.7 Å². The Labute approximate surface area is 188 Å². The van der Waals surface area contributed by atoms with Crippen molar-refractivity contribution in [2.75, 3.05) is 6.61 Å². The number of halogens is 3. The van der Waals surface area contributed by atoms with Crippen LogP contribution in [0.2, 0.25) is 15.1 Å². The molecule has 0 bridgehead atoms. The number of amides is 2. The maximum absolute atomic E-state index is 13.5. The molecule has 3 N–H and O–H groups in total. The van der Waals surface area contributed by atoms with Gasteiger partial charge in [0.2, 0.25) is 11.8 Å². The minimum absolute atomic E-state index is 0.118. The maximum Gasteiger partial charge on any atom is 0.327 e. The van der Waals surface area contributed by atoms with Crippen LogP contribution in [0.4, 0.5) is 0 Å². The molecule has 30 heavy (non-hydrogen) atoms. The molecule has 3 aliphatic rings. The summed E-state index contributed by atoms with van der Waals surface area (Å²) >= 11 is 18.6. The summed E-state index contributed by atoms with van der Waals surface area (Å²) in [4.78, 5) is 40.3. The Morgan fingerprint density at radius 3 is 2.40 bits per heavy atom. The summed E-state index contributed by atoms with van der Waals surface area (Å²) in [5.41, 5.74) is -1.68. The second-order valence-electron chi connectivity index (χ2n) is 8.19. The first-order valence-corrected chi connectivity index (χ1v) is 11.0. The van der Waals surface area contributed by atoms with Crippen LogP contribution in [0.25, 0.3) is 0 Å². The average Bonchev–Trinajstić information content (AvgIpc) is 3.20. The number of fused-ring (bicyclic) bond motifs is 1. The van der Waals surface area contributed by atoms with E-state index in [4.69, 9.17) is 34.8 Å². The molecule has 2 saturated heterocycles. The van der Waals surface area contributed by atoms with Gasteiger partial charge < -0.3 is 10.2 Å². The molecule has 10 heteroatoms. The molecule has 1 saturated carbocycles. The van der Waals surface area contributed by atoms with Gasteiger partial charge in [0.15, 0.2) is 5.54 Å². The summed E-state index contributed by atoms with van der Waals surface area (Å²) in [6, 6.07) is 1.75. The number of aliphatic hydroxyl groups excluding tert-OH is 1. The molecule has 1 aromatic carbocycles. The highest BCUT2D eigenvalue weighted by molar-refractivity contribution is 6.43. The summed E-state index contributed by atoms with van der Waals surface area (Å²) in [7, 11) is 0. The lowest BCUT2D eigenvalue weighted by Gasteiger charge is -2.33. The number of nitrogens with zero attached hydrogens (tertiary/aromatic N) is 1. The van der Waals surface area contributed by atoms with Crippen LogP contribution in [0.3, 0.4) is 0 Å². The van der Waals surface area contributed by atoms with E-state index in [1.807, 2.05) is 0 Å². The molecule has 0 aromatic heterocycles. The predicted molar refractivity (Wildman–Crippen MR) is 111 cm³/mol. The quantitative estimate of drug-likeness (QED) is 0.456. The fourth-order valence-corrected chi connectivity index (χ4v) is 5.94. The molecule has 2 aliphatic heterocycles. The minimum atomic E-state index is -2.01. The molecule has 1 aliphatic carbocycles. The van der Waals surface area contributed by atoms with Gasteiger partial charge in [0.1, 0.15) is 0 Å². The summed E-state index contributed by atoms with van der Waals surface area (Å²) in [6.45, 7) is -0.858. The largest absolute Gasteiger partial charge is 0.480 e. The zero-order chi connectivity index (χ0) is 21.8. The second-order valence-corrected chi connectivity index (χ2v) is 9.41. The van der Waals surface area contributed by atoms with E-state index in [1.54, 1.807) is 0 Å². The molecule has 4 rings (SSSR count). The number of carbonyl (C=O) groups is 3. The number of carboxylic acid groups (broad SMARTS) is 1. The van der Waals surface area contributed by atoms with E-state index in [2.05, 4.69) is 5.32 Å². The number of nitrogens with one attached hydrogen (secondary N) is 1. The highest BCUT2D eigenvalue weighted by Gasteiger charge is 2.69. The normalized spacial score (nSPS) is 32.0. The molecular weight excluding hydrogens is 455 g/mol. The first kappa shape index (κ1) is 21.8. The fraction of sp³-hybridized carbons (Fsp3) is 0.550. The third-order valence-electron chi connectivity index (χ3n) is 6.62. The topological polar surface area (TPSA) is 107 Å². The summed E-state index contributed by atoms with van der Waals surface area (Å²) in [6.07, 6.45) is 4.23. The Morgan fingerprint density at radius 2 is 1.80 bits per heavy atom. The number of hydrogen-bond acceptors (Lipinski definition) is 5. The third-order valence-corrected chi connectivity index (χ3v) is 7.65. The van der Waals surface area contributed by atoms with Crippen LogP contribution in [0, 0.1) is 11.8 Å². The second kappa shape index (κ2) is 7.95. The van der Waals surface area contributed by atoms with Crippen LogP contribution < -0.4 is 5.32 Å². The molecule has 1 aromatic rings. The summed E-state index contributed by atoms with van der Waals surface area (Å²) in [5, 5.41) is 23.4. The van der Waals surface area contributed by atoms with Crippen molar-refractivity contribution in [2.24, 2.45) is 11.8 Å². The number of imide groups is 1. The number of rotatable bonds is 4. The fourth-order valence-electron chi connectivity index (χ4n) is 5.20. The number of carbonyl (C=O) groups excluding carboxylic acids is 2. The molecule has 0 spiro atoms. The van der Waals surface area contributed by atoms with E-state index in [9.17, 15) is 24.6 Å². The van der Waals surface area contributed by atoms with Crippen LogP contribution in [0.5, 0.6) is 0 Å². The van der Waals surface area contributed by atoms with Gasteiger partial charge in [-0.25, -0.2) is 0 Å². The van der Waals surface area contributed by atoms with Gasteiger partial charge >= 0.3 is 5.97 Å². The van der Waals surface area contributed by atoms with Gasteiger partial charge in [-0.1, -0.05) is 54.1 Å². The van der Waals surface area contributed by atoms with E-state index in [0.717, 1.165) is 19.3 Å². The van der Waals surface area contributed by atoms with Crippen molar-refractivity contribution in [3.8, 4) is 0 Å². The monoisotopic (exact) mass is 474 g/mol. The molecule has 7 nitrogen and oxygen atoms in total. The lowest BCUT2D eigenvalue weighted by Crippen LogP contribution is -2.59. The average molecular weight is 476 g/mol. The molecule has 2 amide bonds. The van der Waals surface area contributed by atoms with E-state index in [0.29, 0.717) is 18.4 Å². The summed E-state index contributed by atoms with van der Waals surface area (Å²) in [5.74, 6) is -4.70. The number of likely N-dealkylation sites (tertiary alicyclic amines) is 1. The highest BCUT2D eigenvalue weighted by atomic mass is 35.5. The van der Waals surface area contributed by atoms with Gasteiger partial charge in [0.25, 0.3) is 0 Å². The van der Waals surface area contributed by atoms with Gasteiger partial charge in [0, 0.05) is 17.1 Å². The van der Waals surface area contributed by atoms with Gasteiger partial charge in [-0.15, -0.1) is 0 Å². The maximum atomic E-state index is 13.5. The van der Waals surface area contributed by atoms with Crippen LogP contribution in [-0.2, 0) is 14.4 Å². The third kappa shape index (κ3) is 3.14. The van der Waals surface area contributed by atoms with Crippen molar-refractivity contribution in [3.05, 3.63) is 32.8 Å². The van der Waals surface area contributed by atoms with E-state index < -0.39 is 47.8 Å². The zero-order valence-corrected chi connectivity index (χ0v) is 18.2. The zero-order valence-electron chi connectivity index (χ0n) is 15.9. The Kier molecular flexibility index (Phi) is 5.79. The molecule has 162 valence electrons. The van der Waals surface area contributed by atoms with E-state index in [-0.39, 0.29) is 21.1 Å². The smallest absolute Gasteiger partial charge is 0.327 e. The lowest BCUT2D eigenvalue weighted by atomic mass is 9.79. The number of aliphatic hydroxyl groups is 1. The number of carboxylic acids is 1. The predicted octanol–water partition coefficient (Wildman–Crippen LogP) is 3.04. The Balaban J connectivity index is 1.84.